The summed E-state index contributed by atoms with van der Waals surface area (Å²) in [6.45, 7) is 18.5. The third kappa shape index (κ3) is 4.35. The number of aliphatic hydroxyl groups is 1. The second-order valence-corrected chi connectivity index (χ2v) is 9.57. The highest BCUT2D eigenvalue weighted by Crippen LogP contribution is 2.47. The fourth-order valence-electron chi connectivity index (χ4n) is 5.03. The molecule has 0 bridgehead atoms. The van der Waals surface area contributed by atoms with Crippen molar-refractivity contribution < 1.29 is 5.11 Å². The van der Waals surface area contributed by atoms with Gasteiger partial charge in [0.05, 0.1) is 6.10 Å². The van der Waals surface area contributed by atoms with Crippen LogP contribution in [0.1, 0.15) is 127 Å². The van der Waals surface area contributed by atoms with Crippen molar-refractivity contribution in [2.75, 3.05) is 0 Å². The van der Waals surface area contributed by atoms with Gasteiger partial charge in [0.25, 0.3) is 0 Å². The summed E-state index contributed by atoms with van der Waals surface area (Å²) in [5.41, 5.74) is 6.23. The Kier molecular flexibility index (Phi) is 7.36. The fourth-order valence-corrected chi connectivity index (χ4v) is 5.03. The van der Waals surface area contributed by atoms with Crippen molar-refractivity contribution in [2.24, 2.45) is 11.8 Å². The molecule has 0 radical (unpaired) electrons. The Balaban J connectivity index is 2.59. The third-order valence-electron chi connectivity index (χ3n) is 6.77. The zero-order valence-electron chi connectivity index (χ0n) is 18.5. The number of rotatable bonds is 6. The van der Waals surface area contributed by atoms with Gasteiger partial charge in [-0.05, 0) is 70.6 Å². The molecule has 1 aromatic carbocycles. The first kappa shape index (κ1) is 21.5. The maximum Gasteiger partial charge on any atom is 0.0596 e. The van der Waals surface area contributed by atoms with Gasteiger partial charge in [-0.25, -0.2) is 0 Å². The largest absolute Gasteiger partial charge is 0.393 e. The van der Waals surface area contributed by atoms with Crippen LogP contribution in [-0.2, 0) is 0 Å². The van der Waals surface area contributed by atoms with Crippen molar-refractivity contribution in [3.63, 3.8) is 0 Å². The van der Waals surface area contributed by atoms with Gasteiger partial charge in [-0.1, -0.05) is 80.4 Å². The van der Waals surface area contributed by atoms with E-state index in [1.165, 1.54) is 5.56 Å². The highest BCUT2D eigenvalue weighted by molar-refractivity contribution is 5.46. The second-order valence-electron chi connectivity index (χ2n) is 9.57. The maximum absolute atomic E-state index is 10.8. The lowest BCUT2D eigenvalue weighted by Gasteiger charge is -2.41. The lowest BCUT2D eigenvalue weighted by Crippen LogP contribution is -2.36. The van der Waals surface area contributed by atoms with Crippen LogP contribution in [0, 0.1) is 11.8 Å². The first-order valence-electron chi connectivity index (χ1n) is 11.1. The van der Waals surface area contributed by atoms with Gasteiger partial charge in [0.15, 0.2) is 0 Å². The minimum absolute atomic E-state index is 0.110. The van der Waals surface area contributed by atoms with E-state index in [9.17, 15) is 5.11 Å². The van der Waals surface area contributed by atoms with Crippen LogP contribution < -0.4 is 0 Å². The molecule has 0 aliphatic heterocycles. The molecule has 1 aliphatic carbocycles. The molecule has 2 rings (SSSR count). The Morgan fingerprint density at radius 2 is 1.23 bits per heavy atom. The van der Waals surface area contributed by atoms with Crippen LogP contribution in [0.2, 0.25) is 0 Å². The molecule has 26 heavy (non-hydrogen) atoms. The highest BCUT2D eigenvalue weighted by atomic mass is 16.3. The van der Waals surface area contributed by atoms with E-state index in [2.05, 4.69) is 67.5 Å². The van der Waals surface area contributed by atoms with Crippen LogP contribution in [0.15, 0.2) is 12.1 Å². The van der Waals surface area contributed by atoms with E-state index >= 15 is 0 Å². The minimum atomic E-state index is -0.110. The highest BCUT2D eigenvalue weighted by Gasteiger charge is 2.37. The van der Waals surface area contributed by atoms with Crippen LogP contribution in [0.25, 0.3) is 0 Å². The number of aliphatic hydroxyl groups excluding tert-OH is 1. The molecule has 0 heterocycles. The van der Waals surface area contributed by atoms with Crippen LogP contribution in [0.4, 0.5) is 0 Å². The lowest BCUT2D eigenvalue weighted by atomic mass is 9.66. The number of hydrogen-bond acceptors (Lipinski definition) is 1. The molecule has 0 amide bonds. The van der Waals surface area contributed by atoms with Crippen LogP contribution in [0.3, 0.4) is 0 Å². The average Bonchev–Trinajstić information content (AvgIpc) is 2.60. The lowest BCUT2D eigenvalue weighted by molar-refractivity contribution is 0.00607. The average molecular weight is 359 g/mol. The smallest absolute Gasteiger partial charge is 0.0596 e. The summed E-state index contributed by atoms with van der Waals surface area (Å²) >= 11 is 0. The van der Waals surface area contributed by atoms with E-state index in [1.807, 2.05) is 0 Å². The molecule has 0 aromatic heterocycles. The van der Waals surface area contributed by atoms with Crippen molar-refractivity contribution in [1.82, 2.24) is 0 Å². The van der Waals surface area contributed by atoms with Gasteiger partial charge >= 0.3 is 0 Å². The topological polar surface area (TPSA) is 20.2 Å². The van der Waals surface area contributed by atoms with E-state index in [-0.39, 0.29) is 6.10 Å². The molecular weight excluding hydrogens is 316 g/mol. The Bertz CT molecular complexity index is 541. The van der Waals surface area contributed by atoms with Crippen LogP contribution in [0.5, 0.6) is 0 Å². The molecule has 0 saturated heterocycles. The van der Waals surface area contributed by atoms with Gasteiger partial charge in [0.1, 0.15) is 0 Å². The molecule has 1 N–H and O–H groups in total. The minimum Gasteiger partial charge on any atom is -0.393 e. The summed E-state index contributed by atoms with van der Waals surface area (Å²) in [4.78, 5) is 0. The zero-order valence-corrected chi connectivity index (χ0v) is 18.5. The SMILES string of the molecule is CCC1CC(c2c(C(C)C)cc(C(C)C)cc2C(C)C)CC(CC)C1O. The van der Waals surface area contributed by atoms with E-state index in [4.69, 9.17) is 0 Å². The van der Waals surface area contributed by atoms with Gasteiger partial charge in [-0.3, -0.25) is 0 Å². The predicted molar refractivity (Wildman–Crippen MR) is 114 cm³/mol. The van der Waals surface area contributed by atoms with Gasteiger partial charge in [-0.2, -0.15) is 0 Å². The summed E-state index contributed by atoms with van der Waals surface area (Å²) in [5, 5.41) is 10.8. The molecule has 2 unspecified atom stereocenters. The monoisotopic (exact) mass is 358 g/mol. The normalized spacial score (nSPS) is 26.9. The molecule has 1 aliphatic rings. The Morgan fingerprint density at radius 1 is 0.808 bits per heavy atom. The van der Waals surface area contributed by atoms with Gasteiger partial charge in [0, 0.05) is 0 Å². The molecular formula is C25H42O. The molecule has 148 valence electrons. The van der Waals surface area contributed by atoms with Gasteiger partial charge in [-0.15, -0.1) is 0 Å². The van der Waals surface area contributed by atoms with Crippen molar-refractivity contribution in [2.45, 2.75) is 111 Å². The Morgan fingerprint density at radius 3 is 1.54 bits per heavy atom. The quantitative estimate of drug-likeness (QED) is 0.563. The predicted octanol–water partition coefficient (Wildman–Crippen LogP) is 7.35. The maximum atomic E-state index is 10.8. The van der Waals surface area contributed by atoms with Crippen molar-refractivity contribution >= 4 is 0 Å². The summed E-state index contributed by atoms with van der Waals surface area (Å²) in [5.74, 6) is 3.16. The van der Waals surface area contributed by atoms with Crippen molar-refractivity contribution in [1.29, 1.82) is 0 Å². The van der Waals surface area contributed by atoms with E-state index < -0.39 is 0 Å². The molecule has 0 spiro atoms. The summed E-state index contributed by atoms with van der Waals surface area (Å²) < 4.78 is 0. The van der Waals surface area contributed by atoms with E-state index in [0.717, 1.165) is 25.7 Å². The third-order valence-corrected chi connectivity index (χ3v) is 6.77. The van der Waals surface area contributed by atoms with Gasteiger partial charge in [0.2, 0.25) is 0 Å². The number of benzene rings is 1. The molecule has 1 fully saturated rings. The van der Waals surface area contributed by atoms with E-state index in [1.54, 1.807) is 16.7 Å². The Hall–Kier alpha value is -0.820. The first-order chi connectivity index (χ1) is 12.2. The second kappa shape index (κ2) is 8.91. The molecule has 1 nitrogen and oxygen atoms in total. The summed E-state index contributed by atoms with van der Waals surface area (Å²) in [7, 11) is 0. The van der Waals surface area contributed by atoms with Crippen molar-refractivity contribution in [3.05, 3.63) is 34.4 Å². The molecule has 1 heteroatoms. The van der Waals surface area contributed by atoms with Crippen molar-refractivity contribution in [3.8, 4) is 0 Å². The van der Waals surface area contributed by atoms with Gasteiger partial charge < -0.3 is 5.11 Å². The van der Waals surface area contributed by atoms with Crippen LogP contribution >= 0.6 is 0 Å². The zero-order chi connectivity index (χ0) is 19.6. The summed E-state index contributed by atoms with van der Waals surface area (Å²) in [6.07, 6.45) is 4.36. The van der Waals surface area contributed by atoms with Crippen LogP contribution in [-0.4, -0.2) is 11.2 Å². The summed E-state index contributed by atoms with van der Waals surface area (Å²) in [6, 6.07) is 4.98. The molecule has 1 saturated carbocycles. The van der Waals surface area contributed by atoms with E-state index in [0.29, 0.717) is 35.5 Å². The molecule has 1 aromatic rings. The number of hydrogen-bond donors (Lipinski definition) is 1. The fraction of sp³-hybridized carbons (Fsp3) is 0.760. The Labute approximate surface area is 162 Å². The standard InChI is InChI=1S/C25H42O/c1-9-18-11-21(12-19(10-2)25(18)26)24-22(16(5)6)13-20(15(3)4)14-23(24)17(7)8/h13-19,21,25-26H,9-12H2,1-8H3. The first-order valence-corrected chi connectivity index (χ1v) is 11.1. The molecule has 2 atom stereocenters.